The van der Waals surface area contributed by atoms with E-state index in [-0.39, 0.29) is 33.4 Å². The van der Waals surface area contributed by atoms with E-state index in [4.69, 9.17) is 9.52 Å². The first-order valence-electron chi connectivity index (χ1n) is 9.21. The number of halogens is 2. The summed E-state index contributed by atoms with van der Waals surface area (Å²) >= 11 is 0. The number of piperidine rings is 1. The zero-order chi connectivity index (χ0) is 21.6. The molecule has 0 aliphatic carbocycles. The minimum absolute atomic E-state index is 0.0227. The van der Waals surface area contributed by atoms with E-state index in [1.165, 1.54) is 23.1 Å². The first-order valence-corrected chi connectivity index (χ1v) is 11.1. The number of carbonyl (C=O) groups is 1. The Bertz CT molecular complexity index is 1250. The molecule has 2 heterocycles. The molecule has 0 bridgehead atoms. The standard InChI is InChI=1S/C20H18F2N2O5S/c1-30(27,28)13-2-3-14(15(21)10-13)19-23-17-9-12(8-16(22)18(17)29-19)11-4-6-24(7-5-11)20(25)26/h2-3,8-11H,4-7H2,1H3,(H,25,26). The minimum atomic E-state index is -3.57. The van der Waals surface area contributed by atoms with Gasteiger partial charge in [0, 0.05) is 19.3 Å². The van der Waals surface area contributed by atoms with Crippen molar-refractivity contribution in [3.8, 4) is 11.5 Å². The lowest BCUT2D eigenvalue weighted by Gasteiger charge is -2.30. The molecule has 4 rings (SSSR count). The van der Waals surface area contributed by atoms with Crippen LogP contribution in [-0.4, -0.2) is 48.8 Å². The van der Waals surface area contributed by atoms with E-state index in [2.05, 4.69) is 4.98 Å². The van der Waals surface area contributed by atoms with Gasteiger partial charge in [-0.3, -0.25) is 0 Å². The number of hydrogen-bond acceptors (Lipinski definition) is 5. The van der Waals surface area contributed by atoms with Crippen molar-refractivity contribution in [1.29, 1.82) is 0 Å². The van der Waals surface area contributed by atoms with Crippen LogP contribution >= 0.6 is 0 Å². The molecule has 1 N–H and O–H groups in total. The molecule has 0 saturated carbocycles. The average molecular weight is 436 g/mol. The zero-order valence-electron chi connectivity index (χ0n) is 15.9. The summed E-state index contributed by atoms with van der Waals surface area (Å²) in [6.45, 7) is 0.725. The van der Waals surface area contributed by atoms with E-state index < -0.39 is 27.6 Å². The van der Waals surface area contributed by atoms with Crippen molar-refractivity contribution in [2.24, 2.45) is 0 Å². The third-order valence-corrected chi connectivity index (χ3v) is 6.41. The largest absolute Gasteiger partial charge is 0.465 e. The van der Waals surface area contributed by atoms with Gasteiger partial charge in [0.1, 0.15) is 11.3 Å². The first-order chi connectivity index (χ1) is 14.1. The quantitative estimate of drug-likeness (QED) is 0.665. The Morgan fingerprint density at radius 3 is 2.47 bits per heavy atom. The molecule has 3 aromatic rings. The Hall–Kier alpha value is -3.01. The van der Waals surface area contributed by atoms with Crippen LogP contribution in [0.4, 0.5) is 13.6 Å². The maximum Gasteiger partial charge on any atom is 0.407 e. The van der Waals surface area contributed by atoms with Crippen LogP contribution in [0.3, 0.4) is 0 Å². The number of likely N-dealkylation sites (tertiary alicyclic amines) is 1. The molecule has 158 valence electrons. The van der Waals surface area contributed by atoms with Crippen molar-refractivity contribution in [3.63, 3.8) is 0 Å². The van der Waals surface area contributed by atoms with Crippen molar-refractivity contribution in [3.05, 3.63) is 47.5 Å². The molecule has 1 aromatic heterocycles. The van der Waals surface area contributed by atoms with Crippen LogP contribution in [0.5, 0.6) is 0 Å². The third-order valence-electron chi connectivity index (χ3n) is 5.30. The van der Waals surface area contributed by atoms with Crippen LogP contribution in [0.2, 0.25) is 0 Å². The molecule has 1 saturated heterocycles. The van der Waals surface area contributed by atoms with E-state index >= 15 is 0 Å². The fourth-order valence-corrected chi connectivity index (χ4v) is 4.30. The Balaban J connectivity index is 1.67. The van der Waals surface area contributed by atoms with Gasteiger partial charge in [-0.25, -0.2) is 27.0 Å². The lowest BCUT2D eigenvalue weighted by Crippen LogP contribution is -2.36. The molecule has 0 radical (unpaired) electrons. The van der Waals surface area contributed by atoms with Crippen LogP contribution in [0, 0.1) is 11.6 Å². The third kappa shape index (κ3) is 3.74. The minimum Gasteiger partial charge on any atom is -0.465 e. The van der Waals surface area contributed by atoms with Crippen molar-refractivity contribution >= 4 is 27.0 Å². The molecule has 10 heteroatoms. The van der Waals surface area contributed by atoms with E-state index in [0.29, 0.717) is 31.5 Å². The second-order valence-corrected chi connectivity index (χ2v) is 9.34. The molecular weight excluding hydrogens is 418 g/mol. The molecule has 1 aliphatic rings. The predicted octanol–water partition coefficient (Wildman–Crippen LogP) is 4.03. The van der Waals surface area contributed by atoms with Crippen molar-refractivity contribution in [1.82, 2.24) is 9.88 Å². The van der Waals surface area contributed by atoms with Crippen LogP contribution in [0.1, 0.15) is 24.3 Å². The molecule has 0 unspecified atom stereocenters. The molecular formula is C20H18F2N2O5S. The fraction of sp³-hybridized carbons (Fsp3) is 0.300. The van der Waals surface area contributed by atoms with Gasteiger partial charge in [-0.05, 0) is 54.7 Å². The summed E-state index contributed by atoms with van der Waals surface area (Å²) in [4.78, 5) is 16.4. The van der Waals surface area contributed by atoms with Gasteiger partial charge in [0.05, 0.1) is 10.5 Å². The average Bonchev–Trinajstić information content (AvgIpc) is 3.11. The normalized spacial score (nSPS) is 15.6. The smallest absolute Gasteiger partial charge is 0.407 e. The molecule has 7 nitrogen and oxygen atoms in total. The highest BCUT2D eigenvalue weighted by Crippen LogP contribution is 2.34. The summed E-state index contributed by atoms with van der Waals surface area (Å²) in [6, 6.07) is 6.34. The Labute approximate surface area is 170 Å². The number of amides is 1. The van der Waals surface area contributed by atoms with Gasteiger partial charge in [-0.2, -0.15) is 0 Å². The van der Waals surface area contributed by atoms with Gasteiger partial charge < -0.3 is 14.4 Å². The van der Waals surface area contributed by atoms with Crippen molar-refractivity contribution in [2.75, 3.05) is 19.3 Å². The number of aromatic nitrogens is 1. The Morgan fingerprint density at radius 2 is 1.87 bits per heavy atom. The van der Waals surface area contributed by atoms with Crippen molar-refractivity contribution < 1.29 is 31.5 Å². The maximum atomic E-state index is 14.6. The number of nitrogens with zero attached hydrogens (tertiary/aromatic N) is 2. The number of sulfone groups is 1. The van der Waals surface area contributed by atoms with Crippen LogP contribution in [0.25, 0.3) is 22.6 Å². The lowest BCUT2D eigenvalue weighted by atomic mass is 9.89. The Morgan fingerprint density at radius 1 is 1.17 bits per heavy atom. The SMILES string of the molecule is CS(=O)(=O)c1ccc(-c2nc3cc(C4CCN(C(=O)O)CC4)cc(F)c3o2)c(F)c1. The van der Waals surface area contributed by atoms with E-state index in [9.17, 15) is 22.0 Å². The number of hydrogen-bond donors (Lipinski definition) is 1. The molecule has 30 heavy (non-hydrogen) atoms. The summed E-state index contributed by atoms with van der Waals surface area (Å²) in [6.07, 6.45) is 1.12. The van der Waals surface area contributed by atoms with E-state index in [1.54, 1.807) is 6.07 Å². The number of rotatable bonds is 3. The van der Waals surface area contributed by atoms with Gasteiger partial charge in [0.15, 0.2) is 21.2 Å². The van der Waals surface area contributed by atoms with Crippen LogP contribution in [0.15, 0.2) is 39.6 Å². The van der Waals surface area contributed by atoms with Gasteiger partial charge >= 0.3 is 6.09 Å². The van der Waals surface area contributed by atoms with Crippen LogP contribution < -0.4 is 0 Å². The second-order valence-electron chi connectivity index (χ2n) is 7.33. The molecule has 1 fully saturated rings. The van der Waals surface area contributed by atoms with Gasteiger partial charge in [-0.15, -0.1) is 0 Å². The summed E-state index contributed by atoms with van der Waals surface area (Å²) in [5.41, 5.74) is 0.697. The molecule has 2 aromatic carbocycles. The number of carboxylic acid groups (broad SMARTS) is 1. The second kappa shape index (κ2) is 7.35. The summed E-state index contributed by atoms with van der Waals surface area (Å²) < 4.78 is 57.7. The Kier molecular flexibility index (Phi) is 4.97. The first kappa shape index (κ1) is 20.3. The molecule has 1 amide bonds. The maximum absolute atomic E-state index is 14.6. The highest BCUT2D eigenvalue weighted by molar-refractivity contribution is 7.90. The van der Waals surface area contributed by atoms with Gasteiger partial charge in [-0.1, -0.05) is 0 Å². The zero-order valence-corrected chi connectivity index (χ0v) is 16.7. The number of benzene rings is 2. The summed E-state index contributed by atoms with van der Waals surface area (Å²) in [5, 5.41) is 9.06. The number of oxazole rings is 1. The fourth-order valence-electron chi connectivity index (χ4n) is 3.67. The lowest BCUT2D eigenvalue weighted by molar-refractivity contribution is 0.132. The highest BCUT2D eigenvalue weighted by atomic mass is 32.2. The topological polar surface area (TPSA) is 101 Å². The molecule has 0 spiro atoms. The molecule has 0 atom stereocenters. The monoisotopic (exact) mass is 436 g/mol. The summed E-state index contributed by atoms with van der Waals surface area (Å²) in [7, 11) is -3.57. The van der Waals surface area contributed by atoms with E-state index in [0.717, 1.165) is 12.3 Å². The van der Waals surface area contributed by atoms with E-state index in [1.807, 2.05) is 0 Å². The predicted molar refractivity (Wildman–Crippen MR) is 104 cm³/mol. The van der Waals surface area contributed by atoms with Gasteiger partial charge in [0.2, 0.25) is 5.89 Å². The van der Waals surface area contributed by atoms with Crippen LogP contribution in [-0.2, 0) is 9.84 Å². The van der Waals surface area contributed by atoms with Crippen molar-refractivity contribution in [2.45, 2.75) is 23.7 Å². The molecule has 1 aliphatic heterocycles. The summed E-state index contributed by atoms with van der Waals surface area (Å²) in [5.74, 6) is -1.66. The number of fused-ring (bicyclic) bond motifs is 1. The van der Waals surface area contributed by atoms with Gasteiger partial charge in [0.25, 0.3) is 0 Å². The highest BCUT2D eigenvalue weighted by Gasteiger charge is 2.25.